The summed E-state index contributed by atoms with van der Waals surface area (Å²) in [6, 6.07) is 0. The molecule has 0 aromatic carbocycles. The average molecular weight is 437 g/mol. The number of allylic oxidation sites excluding steroid dienone is 1. The van der Waals surface area contributed by atoms with Crippen molar-refractivity contribution in [2.75, 3.05) is 0 Å². The van der Waals surface area contributed by atoms with Gasteiger partial charge in [-0.05, 0) is 31.4 Å². The molecule has 0 radical (unpaired) electrons. The zero-order chi connectivity index (χ0) is 22.2. The summed E-state index contributed by atoms with van der Waals surface area (Å²) in [7, 11) is 0. The number of hydrogen-bond acceptors (Lipinski definition) is 5. The number of ether oxygens (including phenoxy) is 2. The summed E-state index contributed by atoms with van der Waals surface area (Å²) >= 11 is 0. The second-order valence-electron chi connectivity index (χ2n) is 10.1. The summed E-state index contributed by atoms with van der Waals surface area (Å²) in [5, 5.41) is 21.0. The third-order valence-electron chi connectivity index (χ3n) is 7.38. The minimum Gasteiger partial charge on any atom is -0.393 e. The maximum absolute atomic E-state index is 11.6. The smallest absolute Gasteiger partial charge is 0.172 e. The molecule has 0 amide bonds. The number of ketones is 1. The molecule has 31 heavy (non-hydrogen) atoms. The first-order valence-electron chi connectivity index (χ1n) is 12.9. The van der Waals surface area contributed by atoms with E-state index in [2.05, 4.69) is 6.92 Å². The molecule has 2 heterocycles. The molecule has 0 aromatic rings. The van der Waals surface area contributed by atoms with Gasteiger partial charge in [0.1, 0.15) is 5.60 Å². The Morgan fingerprint density at radius 1 is 0.968 bits per heavy atom. The summed E-state index contributed by atoms with van der Waals surface area (Å²) in [6.45, 7) is 2.26. The van der Waals surface area contributed by atoms with Gasteiger partial charge in [-0.25, -0.2) is 0 Å². The lowest BCUT2D eigenvalue weighted by Crippen LogP contribution is -2.51. The fourth-order valence-corrected chi connectivity index (χ4v) is 5.55. The highest BCUT2D eigenvalue weighted by Crippen LogP contribution is 2.49. The van der Waals surface area contributed by atoms with Gasteiger partial charge >= 0.3 is 0 Å². The third-order valence-corrected chi connectivity index (χ3v) is 7.38. The second-order valence-corrected chi connectivity index (χ2v) is 10.1. The van der Waals surface area contributed by atoms with E-state index in [0.717, 1.165) is 12.8 Å². The van der Waals surface area contributed by atoms with Crippen LogP contribution in [0.2, 0.25) is 0 Å². The normalized spacial score (nSPS) is 35.5. The zero-order valence-electron chi connectivity index (χ0n) is 19.5. The van der Waals surface area contributed by atoms with E-state index in [1.165, 1.54) is 70.3 Å². The molecule has 3 rings (SSSR count). The lowest BCUT2D eigenvalue weighted by molar-refractivity contribution is -0.306. The molecule has 178 valence electrons. The number of hydrogen-bond donors (Lipinski definition) is 2. The Kier molecular flexibility index (Phi) is 9.57. The predicted octanol–water partition coefficient (Wildman–Crippen LogP) is 5.36. The van der Waals surface area contributed by atoms with Crippen LogP contribution in [0.15, 0.2) is 12.2 Å². The van der Waals surface area contributed by atoms with Gasteiger partial charge < -0.3 is 19.7 Å². The number of aliphatic hydroxyl groups is 2. The minimum atomic E-state index is -0.841. The molecule has 5 nitrogen and oxygen atoms in total. The minimum absolute atomic E-state index is 0.00353. The Labute approximate surface area is 188 Å². The van der Waals surface area contributed by atoms with E-state index < -0.39 is 23.6 Å². The van der Waals surface area contributed by atoms with Gasteiger partial charge in [-0.15, -0.1) is 0 Å². The van der Waals surface area contributed by atoms with Crippen LogP contribution in [0.1, 0.15) is 116 Å². The van der Waals surface area contributed by atoms with E-state index in [4.69, 9.17) is 9.47 Å². The van der Waals surface area contributed by atoms with E-state index >= 15 is 0 Å². The first kappa shape index (κ1) is 24.9. The van der Waals surface area contributed by atoms with Crippen LogP contribution in [-0.4, -0.2) is 45.7 Å². The molecule has 2 aliphatic heterocycles. The summed E-state index contributed by atoms with van der Waals surface area (Å²) < 4.78 is 12.7. The largest absolute Gasteiger partial charge is 0.393 e. The van der Waals surface area contributed by atoms with E-state index in [9.17, 15) is 15.0 Å². The van der Waals surface area contributed by atoms with Gasteiger partial charge in [0.05, 0.1) is 18.3 Å². The van der Waals surface area contributed by atoms with Crippen LogP contribution in [0.5, 0.6) is 0 Å². The standard InChI is InChI=1S/C26H44O5/c1-2-3-4-5-6-7-8-9-10-11-12-13-23-18-22(28)20-26(30-23)17-16-25(31-26)15-14-21(27)19-24(25)29/h14-15,22-24,28-29H,2-13,16-20H2,1H3/t22-,23-,24+,25+,26-/m1/s1. The van der Waals surface area contributed by atoms with Crippen LogP contribution < -0.4 is 0 Å². The first-order chi connectivity index (χ1) is 15.0. The van der Waals surface area contributed by atoms with E-state index in [1.54, 1.807) is 6.08 Å². The van der Waals surface area contributed by atoms with Crippen molar-refractivity contribution < 1.29 is 24.5 Å². The molecule has 0 saturated carbocycles. The Morgan fingerprint density at radius 2 is 1.61 bits per heavy atom. The van der Waals surface area contributed by atoms with Crippen LogP contribution in [0.3, 0.4) is 0 Å². The molecule has 2 N–H and O–H groups in total. The zero-order valence-corrected chi connectivity index (χ0v) is 19.5. The molecule has 0 aromatic heterocycles. The predicted molar refractivity (Wildman–Crippen MR) is 122 cm³/mol. The summed E-state index contributed by atoms with van der Waals surface area (Å²) in [4.78, 5) is 11.6. The molecule has 2 saturated heterocycles. The lowest BCUT2D eigenvalue weighted by Gasteiger charge is -2.43. The Balaban J connectivity index is 1.34. The van der Waals surface area contributed by atoms with Crippen LogP contribution in [0.4, 0.5) is 0 Å². The van der Waals surface area contributed by atoms with Crippen LogP contribution >= 0.6 is 0 Å². The van der Waals surface area contributed by atoms with Crippen LogP contribution in [0, 0.1) is 0 Å². The fourth-order valence-electron chi connectivity index (χ4n) is 5.55. The van der Waals surface area contributed by atoms with Gasteiger partial charge in [0.25, 0.3) is 0 Å². The Bertz CT molecular complexity index is 590. The van der Waals surface area contributed by atoms with Crippen LogP contribution in [-0.2, 0) is 14.3 Å². The number of carbonyl (C=O) groups is 1. The molecule has 0 unspecified atom stereocenters. The fraction of sp³-hybridized carbons (Fsp3) is 0.885. The van der Waals surface area contributed by atoms with Gasteiger partial charge in [0, 0.05) is 19.3 Å². The summed E-state index contributed by atoms with van der Waals surface area (Å²) in [5.41, 5.74) is -0.841. The van der Waals surface area contributed by atoms with Crippen molar-refractivity contribution in [1.29, 1.82) is 0 Å². The topological polar surface area (TPSA) is 76.0 Å². The maximum Gasteiger partial charge on any atom is 0.172 e. The molecule has 2 fully saturated rings. The van der Waals surface area contributed by atoms with Crippen molar-refractivity contribution in [2.45, 2.75) is 146 Å². The highest BCUT2D eigenvalue weighted by molar-refractivity contribution is 5.91. The highest BCUT2D eigenvalue weighted by Gasteiger charge is 2.56. The van der Waals surface area contributed by atoms with E-state index in [0.29, 0.717) is 25.7 Å². The Morgan fingerprint density at radius 3 is 2.26 bits per heavy atom. The second kappa shape index (κ2) is 11.9. The van der Waals surface area contributed by atoms with E-state index in [1.807, 2.05) is 0 Å². The molecule has 3 aliphatic rings. The van der Waals surface area contributed by atoms with Gasteiger partial charge in [0.15, 0.2) is 11.6 Å². The van der Waals surface area contributed by atoms with Crippen molar-refractivity contribution in [3.05, 3.63) is 12.2 Å². The van der Waals surface area contributed by atoms with Gasteiger partial charge in [-0.1, -0.05) is 77.6 Å². The number of aliphatic hydroxyl groups excluding tert-OH is 2. The van der Waals surface area contributed by atoms with E-state index in [-0.39, 0.29) is 18.3 Å². The Hall–Kier alpha value is -0.750. The lowest BCUT2D eigenvalue weighted by atomic mass is 9.85. The highest BCUT2D eigenvalue weighted by atomic mass is 16.7. The summed E-state index contributed by atoms with van der Waals surface area (Å²) in [6.07, 6.45) is 19.9. The van der Waals surface area contributed by atoms with Crippen LogP contribution in [0.25, 0.3) is 0 Å². The molecule has 1 aliphatic carbocycles. The van der Waals surface area contributed by atoms with Crippen molar-refractivity contribution in [3.8, 4) is 0 Å². The SMILES string of the molecule is CCCCCCCCCCCCC[C@@H]1C[C@@H](O)C[C@]2(CC[C@]3(C=CC(=O)C[C@@H]3O)O2)O1. The van der Waals surface area contributed by atoms with Crippen molar-refractivity contribution >= 4 is 5.78 Å². The first-order valence-corrected chi connectivity index (χ1v) is 12.9. The van der Waals surface area contributed by atoms with Crippen molar-refractivity contribution in [3.63, 3.8) is 0 Å². The molecule has 5 heteroatoms. The average Bonchev–Trinajstić information content (AvgIpc) is 3.07. The van der Waals surface area contributed by atoms with Gasteiger partial charge in [-0.3, -0.25) is 4.79 Å². The number of unbranched alkanes of at least 4 members (excludes halogenated alkanes) is 10. The van der Waals surface area contributed by atoms with Gasteiger partial charge in [-0.2, -0.15) is 0 Å². The van der Waals surface area contributed by atoms with Crippen molar-refractivity contribution in [2.24, 2.45) is 0 Å². The molecule has 0 bridgehead atoms. The third kappa shape index (κ3) is 7.12. The molecular weight excluding hydrogens is 392 g/mol. The molecule has 5 atom stereocenters. The molecule has 2 spiro atoms. The van der Waals surface area contributed by atoms with Crippen molar-refractivity contribution in [1.82, 2.24) is 0 Å². The maximum atomic E-state index is 11.6. The molecular formula is C26H44O5. The van der Waals surface area contributed by atoms with Gasteiger partial charge in [0.2, 0.25) is 0 Å². The number of carbonyl (C=O) groups excluding carboxylic acids is 1. The number of rotatable bonds is 12. The monoisotopic (exact) mass is 436 g/mol. The quantitative estimate of drug-likeness (QED) is 0.403. The summed E-state index contributed by atoms with van der Waals surface area (Å²) in [5.74, 6) is -0.895.